The van der Waals surface area contributed by atoms with Crippen LogP contribution in [0.15, 0.2) is 23.5 Å². The van der Waals surface area contributed by atoms with Gasteiger partial charge in [-0.25, -0.2) is 9.78 Å². The molecule has 0 saturated carbocycles. The van der Waals surface area contributed by atoms with Crippen molar-refractivity contribution in [2.24, 2.45) is 12.8 Å². The van der Waals surface area contributed by atoms with E-state index in [1.807, 2.05) is 0 Å². The van der Waals surface area contributed by atoms with E-state index in [0.29, 0.717) is 11.5 Å². The van der Waals surface area contributed by atoms with Crippen molar-refractivity contribution in [1.82, 2.24) is 24.3 Å². The molecule has 84 valence electrons. The number of aryl methyl sites for hydroxylation is 1. The number of rotatable bonds is 2. The van der Waals surface area contributed by atoms with Crippen molar-refractivity contribution >= 4 is 0 Å². The van der Waals surface area contributed by atoms with Gasteiger partial charge in [-0.05, 0) is 6.92 Å². The Morgan fingerprint density at radius 2 is 2.06 bits per heavy atom. The van der Waals surface area contributed by atoms with Crippen LogP contribution in [0.1, 0.15) is 18.7 Å². The molecule has 1 atom stereocenters. The number of hydrogen-bond donors (Lipinski definition) is 1. The van der Waals surface area contributed by atoms with Crippen LogP contribution in [0.3, 0.4) is 0 Å². The highest BCUT2D eigenvalue weighted by Gasteiger charge is 2.14. The quantitative estimate of drug-likeness (QED) is 0.728. The fourth-order valence-corrected chi connectivity index (χ4v) is 1.35. The van der Waals surface area contributed by atoms with E-state index >= 15 is 0 Å². The highest BCUT2D eigenvalue weighted by Crippen LogP contribution is 2.11. The molecule has 7 nitrogen and oxygen atoms in total. The van der Waals surface area contributed by atoms with Gasteiger partial charge in [0.15, 0.2) is 5.82 Å². The molecule has 2 aromatic heterocycles. The molecule has 7 heteroatoms. The maximum absolute atomic E-state index is 11.7. The van der Waals surface area contributed by atoms with Crippen LogP contribution in [0.2, 0.25) is 0 Å². The molecule has 0 bridgehead atoms. The van der Waals surface area contributed by atoms with Gasteiger partial charge in [0.05, 0.1) is 0 Å². The molecule has 0 fully saturated rings. The molecule has 2 aromatic rings. The molecule has 0 saturated heterocycles. The Bertz CT molecular complexity index is 555. The minimum atomic E-state index is -0.308. The van der Waals surface area contributed by atoms with E-state index in [-0.39, 0.29) is 11.7 Å². The van der Waals surface area contributed by atoms with E-state index in [2.05, 4.69) is 15.1 Å². The second kappa shape index (κ2) is 3.86. The van der Waals surface area contributed by atoms with Gasteiger partial charge < -0.3 is 5.73 Å². The van der Waals surface area contributed by atoms with Crippen molar-refractivity contribution in [2.45, 2.75) is 13.0 Å². The normalized spacial score (nSPS) is 12.7. The van der Waals surface area contributed by atoms with E-state index in [0.717, 1.165) is 0 Å². The maximum Gasteiger partial charge on any atom is 0.351 e. The third-order valence-corrected chi connectivity index (χ3v) is 2.16. The van der Waals surface area contributed by atoms with Gasteiger partial charge in [-0.1, -0.05) is 0 Å². The third-order valence-electron chi connectivity index (χ3n) is 2.16. The second-order valence-corrected chi connectivity index (χ2v) is 3.49. The summed E-state index contributed by atoms with van der Waals surface area (Å²) in [6.45, 7) is 1.78. The van der Waals surface area contributed by atoms with Crippen LogP contribution in [0.4, 0.5) is 0 Å². The van der Waals surface area contributed by atoms with Crippen molar-refractivity contribution in [3.05, 3.63) is 34.9 Å². The van der Waals surface area contributed by atoms with Crippen molar-refractivity contribution < 1.29 is 0 Å². The van der Waals surface area contributed by atoms with Crippen LogP contribution in [0.25, 0.3) is 5.82 Å². The summed E-state index contributed by atoms with van der Waals surface area (Å²) in [6.07, 6.45) is 4.46. The Morgan fingerprint density at radius 1 is 1.38 bits per heavy atom. The molecule has 2 heterocycles. The zero-order chi connectivity index (χ0) is 11.7. The first kappa shape index (κ1) is 10.5. The van der Waals surface area contributed by atoms with Crippen molar-refractivity contribution in [3.8, 4) is 5.82 Å². The van der Waals surface area contributed by atoms with Gasteiger partial charge in [-0.15, -0.1) is 0 Å². The molecule has 0 aliphatic heterocycles. The van der Waals surface area contributed by atoms with E-state index in [9.17, 15) is 4.79 Å². The van der Waals surface area contributed by atoms with Gasteiger partial charge in [0.25, 0.3) is 0 Å². The van der Waals surface area contributed by atoms with Gasteiger partial charge in [0.2, 0.25) is 0 Å². The second-order valence-electron chi connectivity index (χ2n) is 3.49. The topological polar surface area (TPSA) is 91.6 Å². The lowest BCUT2D eigenvalue weighted by atomic mass is 10.2. The fourth-order valence-electron chi connectivity index (χ4n) is 1.35. The first-order valence-corrected chi connectivity index (χ1v) is 4.78. The molecule has 1 unspecified atom stereocenters. The molecule has 2 rings (SSSR count). The summed E-state index contributed by atoms with van der Waals surface area (Å²) in [5.74, 6) is 0.378. The molecule has 0 spiro atoms. The van der Waals surface area contributed by atoms with Crippen molar-refractivity contribution in [1.29, 1.82) is 0 Å². The fraction of sp³-hybridized carbons (Fsp3) is 0.333. The number of nitrogens with zero attached hydrogens (tertiary/aromatic N) is 5. The number of aromatic nitrogens is 5. The van der Waals surface area contributed by atoms with Gasteiger partial charge in [0, 0.05) is 25.5 Å². The lowest BCUT2D eigenvalue weighted by molar-refractivity contribution is 0.710. The number of hydrogen-bond acceptors (Lipinski definition) is 5. The number of nitrogens with two attached hydrogens (primary N) is 1. The molecule has 16 heavy (non-hydrogen) atoms. The van der Waals surface area contributed by atoms with Gasteiger partial charge in [0.1, 0.15) is 12.0 Å². The Morgan fingerprint density at radius 3 is 2.62 bits per heavy atom. The molecule has 0 aliphatic rings. The smallest absolute Gasteiger partial charge is 0.323 e. The Balaban J connectivity index is 2.65. The highest BCUT2D eigenvalue weighted by atomic mass is 16.2. The van der Waals surface area contributed by atoms with Crippen LogP contribution in [-0.2, 0) is 7.05 Å². The molecule has 0 radical (unpaired) electrons. The predicted octanol–water partition coefficient (Wildman–Crippen LogP) is -0.619. The average molecular weight is 220 g/mol. The highest BCUT2D eigenvalue weighted by molar-refractivity contribution is 5.28. The summed E-state index contributed by atoms with van der Waals surface area (Å²) in [5.41, 5.74) is 6.03. The van der Waals surface area contributed by atoms with E-state index in [4.69, 9.17) is 5.73 Å². The predicted molar refractivity (Wildman–Crippen MR) is 57.0 cm³/mol. The van der Waals surface area contributed by atoms with Gasteiger partial charge in [-0.3, -0.25) is 9.55 Å². The van der Waals surface area contributed by atoms with Gasteiger partial charge >= 0.3 is 5.69 Å². The summed E-state index contributed by atoms with van der Waals surface area (Å²) < 4.78 is 2.55. The maximum atomic E-state index is 11.7. The molecular weight excluding hydrogens is 208 g/mol. The monoisotopic (exact) mass is 220 g/mol. The summed E-state index contributed by atoms with van der Waals surface area (Å²) in [7, 11) is 1.62. The Labute approximate surface area is 91.6 Å². The Kier molecular flexibility index (Phi) is 2.53. The largest absolute Gasteiger partial charge is 0.351 e. The van der Waals surface area contributed by atoms with E-state index < -0.39 is 0 Å². The summed E-state index contributed by atoms with van der Waals surface area (Å²) >= 11 is 0. The van der Waals surface area contributed by atoms with Crippen LogP contribution in [-0.4, -0.2) is 24.3 Å². The SMILES string of the molecule is CC(N)c1nccnc1-n1ncn(C)c1=O. The summed E-state index contributed by atoms with van der Waals surface area (Å²) in [5, 5.41) is 3.94. The molecule has 2 N–H and O–H groups in total. The zero-order valence-electron chi connectivity index (χ0n) is 9.03. The van der Waals surface area contributed by atoms with Crippen LogP contribution < -0.4 is 11.4 Å². The molecule has 0 aliphatic carbocycles. The van der Waals surface area contributed by atoms with E-state index in [1.54, 1.807) is 14.0 Å². The summed E-state index contributed by atoms with van der Waals surface area (Å²) in [4.78, 5) is 19.9. The van der Waals surface area contributed by atoms with Crippen molar-refractivity contribution in [3.63, 3.8) is 0 Å². The van der Waals surface area contributed by atoms with Crippen LogP contribution >= 0.6 is 0 Å². The van der Waals surface area contributed by atoms with Crippen LogP contribution in [0.5, 0.6) is 0 Å². The minimum absolute atomic E-state index is 0.276. The standard InChI is InChI=1S/C9H12N6O/c1-6(10)7-8(12-4-3-11-7)15-9(16)14(2)5-13-15/h3-6H,10H2,1-2H3. The zero-order valence-corrected chi connectivity index (χ0v) is 9.03. The van der Waals surface area contributed by atoms with Gasteiger partial charge in [-0.2, -0.15) is 9.78 Å². The lowest BCUT2D eigenvalue weighted by Gasteiger charge is -2.08. The first-order valence-electron chi connectivity index (χ1n) is 4.78. The first-order chi connectivity index (χ1) is 7.61. The molecule has 0 aromatic carbocycles. The molecule has 0 amide bonds. The summed E-state index contributed by atoms with van der Waals surface area (Å²) in [6, 6.07) is -0.308. The lowest BCUT2D eigenvalue weighted by Crippen LogP contribution is -2.25. The van der Waals surface area contributed by atoms with Crippen LogP contribution in [0, 0.1) is 0 Å². The van der Waals surface area contributed by atoms with Crippen molar-refractivity contribution in [2.75, 3.05) is 0 Å². The average Bonchev–Trinajstić information content (AvgIpc) is 2.60. The third kappa shape index (κ3) is 1.61. The van der Waals surface area contributed by atoms with E-state index in [1.165, 1.54) is 28.0 Å². The molecular formula is C9H12N6O. The Hall–Kier alpha value is -2.02. The minimum Gasteiger partial charge on any atom is -0.323 e.